The molecule has 7 heteroatoms. The van der Waals surface area contributed by atoms with Crippen molar-refractivity contribution in [3.8, 4) is 0 Å². The lowest BCUT2D eigenvalue weighted by Crippen LogP contribution is -2.47. The van der Waals surface area contributed by atoms with Crippen LogP contribution in [-0.2, 0) is 16.0 Å². The predicted octanol–water partition coefficient (Wildman–Crippen LogP) is 3.61. The van der Waals surface area contributed by atoms with Crippen LogP contribution >= 0.6 is 23.2 Å². The van der Waals surface area contributed by atoms with E-state index in [-0.39, 0.29) is 6.42 Å². The SMILES string of the molecule is CC(Nc1ccc(Cl)c(Cl)c1)C(=O)NC(Cc1ccccc1)C(=O)O. The number of hydrogen-bond acceptors (Lipinski definition) is 3. The molecule has 0 aromatic heterocycles. The standard InChI is InChI=1S/C18H18Cl2N2O3/c1-11(21-13-7-8-14(19)15(20)10-13)17(23)22-16(18(24)25)9-12-5-3-2-4-6-12/h2-8,10-11,16,21H,9H2,1H3,(H,22,23)(H,24,25). The minimum Gasteiger partial charge on any atom is -0.480 e. The van der Waals surface area contributed by atoms with Crippen LogP contribution in [0, 0.1) is 0 Å². The lowest BCUT2D eigenvalue weighted by molar-refractivity contribution is -0.141. The van der Waals surface area contributed by atoms with E-state index in [2.05, 4.69) is 10.6 Å². The molecule has 0 aliphatic carbocycles. The van der Waals surface area contributed by atoms with Crippen molar-refractivity contribution in [2.75, 3.05) is 5.32 Å². The average Bonchev–Trinajstić information content (AvgIpc) is 2.58. The first-order valence-corrected chi connectivity index (χ1v) is 8.41. The predicted molar refractivity (Wildman–Crippen MR) is 99.3 cm³/mol. The highest BCUT2D eigenvalue weighted by Crippen LogP contribution is 2.25. The summed E-state index contributed by atoms with van der Waals surface area (Å²) in [5.74, 6) is -1.51. The van der Waals surface area contributed by atoms with Crippen LogP contribution in [0.25, 0.3) is 0 Å². The topological polar surface area (TPSA) is 78.4 Å². The fourth-order valence-corrected chi connectivity index (χ4v) is 2.55. The highest BCUT2D eigenvalue weighted by atomic mass is 35.5. The Bertz CT molecular complexity index is 753. The number of carbonyl (C=O) groups excluding carboxylic acids is 1. The zero-order chi connectivity index (χ0) is 18.4. The molecule has 3 N–H and O–H groups in total. The van der Waals surface area contributed by atoms with Crippen molar-refractivity contribution in [3.05, 3.63) is 64.1 Å². The molecule has 0 saturated carbocycles. The zero-order valence-electron chi connectivity index (χ0n) is 13.5. The Kier molecular flexibility index (Phi) is 6.67. The Hall–Kier alpha value is -2.24. The first kappa shape index (κ1) is 19.1. The van der Waals surface area contributed by atoms with Gasteiger partial charge in [0, 0.05) is 12.1 Å². The van der Waals surface area contributed by atoms with Crippen LogP contribution < -0.4 is 10.6 Å². The van der Waals surface area contributed by atoms with Crippen molar-refractivity contribution in [2.45, 2.75) is 25.4 Å². The summed E-state index contributed by atoms with van der Waals surface area (Å²) in [4.78, 5) is 23.7. The van der Waals surface area contributed by atoms with Crippen molar-refractivity contribution in [3.63, 3.8) is 0 Å². The Labute approximate surface area is 156 Å². The molecule has 2 aromatic rings. The molecule has 0 fully saturated rings. The van der Waals surface area contributed by atoms with Crippen molar-refractivity contribution in [2.24, 2.45) is 0 Å². The number of rotatable bonds is 7. The molecule has 2 atom stereocenters. The molecular weight excluding hydrogens is 363 g/mol. The third-order valence-corrected chi connectivity index (χ3v) is 4.33. The Morgan fingerprint density at radius 1 is 1.08 bits per heavy atom. The van der Waals surface area contributed by atoms with E-state index in [0.717, 1.165) is 5.56 Å². The first-order valence-electron chi connectivity index (χ1n) is 7.65. The second-order valence-corrected chi connectivity index (χ2v) is 6.40. The van der Waals surface area contributed by atoms with Crippen LogP contribution in [0.2, 0.25) is 10.0 Å². The Morgan fingerprint density at radius 2 is 1.76 bits per heavy atom. The van der Waals surface area contributed by atoms with E-state index in [1.807, 2.05) is 30.3 Å². The van der Waals surface area contributed by atoms with E-state index in [0.29, 0.717) is 15.7 Å². The summed E-state index contributed by atoms with van der Waals surface area (Å²) >= 11 is 11.8. The van der Waals surface area contributed by atoms with Gasteiger partial charge in [0.1, 0.15) is 12.1 Å². The normalized spacial score (nSPS) is 12.9. The monoisotopic (exact) mass is 380 g/mol. The minimum atomic E-state index is -1.08. The molecule has 0 heterocycles. The molecule has 25 heavy (non-hydrogen) atoms. The fraction of sp³-hybridized carbons (Fsp3) is 0.222. The van der Waals surface area contributed by atoms with E-state index in [4.69, 9.17) is 23.2 Å². The van der Waals surface area contributed by atoms with Gasteiger partial charge in [-0.25, -0.2) is 4.79 Å². The van der Waals surface area contributed by atoms with Gasteiger partial charge in [-0.2, -0.15) is 0 Å². The second kappa shape index (κ2) is 8.74. The summed E-state index contributed by atoms with van der Waals surface area (Å²) in [6.07, 6.45) is 0.210. The molecule has 0 radical (unpaired) electrons. The average molecular weight is 381 g/mol. The third kappa shape index (κ3) is 5.66. The highest BCUT2D eigenvalue weighted by molar-refractivity contribution is 6.42. The molecule has 2 rings (SSSR count). The number of carboxylic acid groups (broad SMARTS) is 1. The van der Waals surface area contributed by atoms with Gasteiger partial charge in [-0.05, 0) is 30.7 Å². The maximum absolute atomic E-state index is 12.3. The van der Waals surface area contributed by atoms with Gasteiger partial charge in [0.15, 0.2) is 0 Å². The van der Waals surface area contributed by atoms with Crippen LogP contribution in [0.1, 0.15) is 12.5 Å². The van der Waals surface area contributed by atoms with Crippen molar-refractivity contribution < 1.29 is 14.7 Å². The number of aliphatic carboxylic acids is 1. The summed E-state index contributed by atoms with van der Waals surface area (Å²) in [7, 11) is 0. The number of benzene rings is 2. The minimum absolute atomic E-state index is 0.210. The van der Waals surface area contributed by atoms with Gasteiger partial charge in [0.25, 0.3) is 0 Å². The summed E-state index contributed by atoms with van der Waals surface area (Å²) in [5, 5.41) is 15.7. The summed E-state index contributed by atoms with van der Waals surface area (Å²) in [5.41, 5.74) is 1.45. The van der Waals surface area contributed by atoms with Crippen LogP contribution in [0.4, 0.5) is 5.69 Å². The van der Waals surface area contributed by atoms with Crippen LogP contribution in [-0.4, -0.2) is 29.1 Å². The number of halogens is 2. The first-order chi connectivity index (χ1) is 11.9. The van der Waals surface area contributed by atoms with E-state index in [1.54, 1.807) is 25.1 Å². The summed E-state index contributed by atoms with van der Waals surface area (Å²) < 4.78 is 0. The Balaban J connectivity index is 1.99. The maximum Gasteiger partial charge on any atom is 0.326 e. The van der Waals surface area contributed by atoms with Gasteiger partial charge in [0.2, 0.25) is 5.91 Å². The molecule has 0 bridgehead atoms. The number of hydrogen-bond donors (Lipinski definition) is 3. The summed E-state index contributed by atoms with van der Waals surface area (Å²) in [6, 6.07) is 12.4. The van der Waals surface area contributed by atoms with Gasteiger partial charge in [-0.15, -0.1) is 0 Å². The van der Waals surface area contributed by atoms with Gasteiger partial charge in [0.05, 0.1) is 10.0 Å². The number of nitrogens with one attached hydrogen (secondary N) is 2. The van der Waals surface area contributed by atoms with Crippen molar-refractivity contribution in [1.29, 1.82) is 0 Å². The van der Waals surface area contributed by atoms with E-state index in [1.165, 1.54) is 0 Å². The number of amides is 1. The lowest BCUT2D eigenvalue weighted by atomic mass is 10.1. The molecule has 0 saturated heterocycles. The molecule has 132 valence electrons. The van der Waals surface area contributed by atoms with E-state index >= 15 is 0 Å². The molecule has 2 aromatic carbocycles. The quantitative estimate of drug-likeness (QED) is 0.685. The third-order valence-electron chi connectivity index (χ3n) is 3.59. The van der Waals surface area contributed by atoms with Crippen LogP contribution in [0.15, 0.2) is 48.5 Å². The maximum atomic E-state index is 12.3. The van der Waals surface area contributed by atoms with Crippen LogP contribution in [0.3, 0.4) is 0 Å². The van der Waals surface area contributed by atoms with Gasteiger partial charge >= 0.3 is 5.97 Å². The molecule has 0 aliphatic heterocycles. The van der Waals surface area contributed by atoms with E-state index in [9.17, 15) is 14.7 Å². The fourth-order valence-electron chi connectivity index (χ4n) is 2.25. The molecule has 0 spiro atoms. The largest absolute Gasteiger partial charge is 0.480 e. The second-order valence-electron chi connectivity index (χ2n) is 5.58. The Morgan fingerprint density at radius 3 is 2.36 bits per heavy atom. The molecule has 5 nitrogen and oxygen atoms in total. The molecule has 1 amide bonds. The smallest absolute Gasteiger partial charge is 0.326 e. The summed E-state index contributed by atoms with van der Waals surface area (Å²) in [6.45, 7) is 1.64. The van der Waals surface area contributed by atoms with Crippen LogP contribution in [0.5, 0.6) is 0 Å². The lowest BCUT2D eigenvalue weighted by Gasteiger charge is -2.19. The zero-order valence-corrected chi connectivity index (χ0v) is 15.0. The van der Waals surface area contributed by atoms with E-state index < -0.39 is 24.0 Å². The highest BCUT2D eigenvalue weighted by Gasteiger charge is 2.23. The molecular formula is C18H18Cl2N2O3. The van der Waals surface area contributed by atoms with Crippen molar-refractivity contribution >= 4 is 40.8 Å². The molecule has 0 aliphatic rings. The van der Waals surface area contributed by atoms with Gasteiger partial charge < -0.3 is 15.7 Å². The number of carbonyl (C=O) groups is 2. The molecule has 2 unspecified atom stereocenters. The van der Waals surface area contributed by atoms with Gasteiger partial charge in [-0.1, -0.05) is 53.5 Å². The number of carboxylic acids is 1. The van der Waals surface area contributed by atoms with Gasteiger partial charge in [-0.3, -0.25) is 4.79 Å². The number of anilines is 1. The van der Waals surface area contributed by atoms with Crippen molar-refractivity contribution in [1.82, 2.24) is 5.32 Å².